The van der Waals surface area contributed by atoms with Crippen LogP contribution in [0.4, 0.5) is 0 Å². The zero-order chi connectivity index (χ0) is 14.3. The maximum Gasteiger partial charge on any atom is 0.109 e. The highest BCUT2D eigenvalue weighted by atomic mass is 32.2. The lowest BCUT2D eigenvalue weighted by molar-refractivity contribution is 0.311. The topological polar surface area (TPSA) is 35.8 Å². The summed E-state index contributed by atoms with van der Waals surface area (Å²) in [5.41, 5.74) is -0.257. The molecule has 108 valence electrons. The lowest BCUT2D eigenvalue weighted by atomic mass is 9.86. The summed E-state index contributed by atoms with van der Waals surface area (Å²) in [6.45, 7) is 3.11. The van der Waals surface area contributed by atoms with Crippen LogP contribution in [-0.4, -0.2) is 17.8 Å². The van der Waals surface area contributed by atoms with Gasteiger partial charge in [-0.25, -0.2) is 0 Å². The van der Waals surface area contributed by atoms with E-state index in [0.717, 1.165) is 31.6 Å². The first-order valence-electron chi connectivity index (χ1n) is 7.65. The van der Waals surface area contributed by atoms with Crippen molar-refractivity contribution in [3.63, 3.8) is 0 Å². The molecule has 1 saturated carbocycles. The van der Waals surface area contributed by atoms with Crippen molar-refractivity contribution in [2.24, 2.45) is 5.92 Å². The third-order valence-corrected chi connectivity index (χ3v) is 5.23. The summed E-state index contributed by atoms with van der Waals surface area (Å²) in [5, 5.41) is 13.1. The molecular formula is C17H24N2S. The molecule has 3 heteroatoms. The zero-order valence-electron chi connectivity index (χ0n) is 12.3. The average molecular weight is 288 g/mol. The normalized spacial score (nSPS) is 25.5. The van der Waals surface area contributed by atoms with Gasteiger partial charge in [-0.2, -0.15) is 5.26 Å². The van der Waals surface area contributed by atoms with Gasteiger partial charge in [-0.15, -0.1) is 11.8 Å². The molecule has 1 aliphatic rings. The molecule has 2 nitrogen and oxygen atoms in total. The van der Waals surface area contributed by atoms with Crippen LogP contribution in [0.3, 0.4) is 0 Å². The molecule has 1 aliphatic carbocycles. The van der Waals surface area contributed by atoms with E-state index in [-0.39, 0.29) is 5.54 Å². The molecule has 0 heterocycles. The second kappa shape index (κ2) is 7.71. The molecule has 1 fully saturated rings. The predicted octanol–water partition coefficient (Wildman–Crippen LogP) is 4.23. The second-order valence-electron chi connectivity index (χ2n) is 5.55. The summed E-state index contributed by atoms with van der Waals surface area (Å²) in [7, 11) is 0. The predicted molar refractivity (Wildman–Crippen MR) is 85.8 cm³/mol. The number of benzene rings is 1. The Morgan fingerprint density at radius 1 is 1.40 bits per heavy atom. The largest absolute Gasteiger partial charge is 0.299 e. The van der Waals surface area contributed by atoms with Gasteiger partial charge in [0.05, 0.1) is 6.07 Å². The fourth-order valence-corrected chi connectivity index (χ4v) is 4.06. The number of hydrogen-bond acceptors (Lipinski definition) is 3. The number of rotatable bonds is 7. The first-order valence-corrected chi connectivity index (χ1v) is 8.63. The van der Waals surface area contributed by atoms with Crippen LogP contribution < -0.4 is 5.32 Å². The van der Waals surface area contributed by atoms with Crippen molar-refractivity contribution in [2.75, 3.05) is 12.3 Å². The van der Waals surface area contributed by atoms with Gasteiger partial charge in [0, 0.05) is 4.90 Å². The van der Waals surface area contributed by atoms with E-state index in [2.05, 4.69) is 48.6 Å². The molecule has 2 atom stereocenters. The van der Waals surface area contributed by atoms with E-state index >= 15 is 0 Å². The zero-order valence-corrected chi connectivity index (χ0v) is 13.1. The minimum absolute atomic E-state index is 0.257. The number of hydrogen-bond donors (Lipinski definition) is 1. The van der Waals surface area contributed by atoms with Crippen molar-refractivity contribution in [1.29, 1.82) is 5.26 Å². The summed E-state index contributed by atoms with van der Waals surface area (Å²) in [6, 6.07) is 13.1. The third-order valence-electron chi connectivity index (χ3n) is 4.19. The first-order chi connectivity index (χ1) is 9.80. The van der Waals surface area contributed by atoms with Crippen molar-refractivity contribution in [2.45, 2.75) is 49.5 Å². The molecule has 0 bridgehead atoms. The number of thioether (sulfide) groups is 1. The van der Waals surface area contributed by atoms with Crippen LogP contribution >= 0.6 is 11.8 Å². The minimum Gasteiger partial charge on any atom is -0.299 e. The highest BCUT2D eigenvalue weighted by Gasteiger charge is 2.42. The van der Waals surface area contributed by atoms with Gasteiger partial charge in [-0.3, -0.25) is 5.32 Å². The Balaban J connectivity index is 1.86. The number of nitriles is 1. The van der Waals surface area contributed by atoms with Crippen molar-refractivity contribution < 1.29 is 0 Å². The molecule has 2 unspecified atom stereocenters. The molecule has 0 amide bonds. The molecule has 0 saturated heterocycles. The standard InChI is InChI=1S/C17H24N2S/c1-2-12-19-17(14-18)11-6-7-15(17)10-13-20-16-8-4-3-5-9-16/h3-5,8-9,15,19H,2,6-7,10-13H2,1H3. The quantitative estimate of drug-likeness (QED) is 0.763. The SMILES string of the molecule is CCCNC1(C#N)CCCC1CCSc1ccccc1. The highest BCUT2D eigenvalue weighted by Crippen LogP contribution is 2.38. The average Bonchev–Trinajstić information content (AvgIpc) is 2.90. The molecule has 1 aromatic carbocycles. The van der Waals surface area contributed by atoms with Crippen LogP contribution in [0, 0.1) is 17.2 Å². The molecule has 1 N–H and O–H groups in total. The Hall–Kier alpha value is -0.980. The lowest BCUT2D eigenvalue weighted by Crippen LogP contribution is -2.47. The molecule has 0 spiro atoms. The van der Waals surface area contributed by atoms with Crippen molar-refractivity contribution in [3.05, 3.63) is 30.3 Å². The number of nitrogens with zero attached hydrogens (tertiary/aromatic N) is 1. The van der Waals surface area contributed by atoms with Gasteiger partial charge in [0.25, 0.3) is 0 Å². The van der Waals surface area contributed by atoms with Crippen molar-refractivity contribution in [1.82, 2.24) is 5.32 Å². The maximum atomic E-state index is 9.61. The summed E-state index contributed by atoms with van der Waals surface area (Å²) >= 11 is 1.91. The Kier molecular flexibility index (Phi) is 5.94. The number of nitrogens with one attached hydrogen (secondary N) is 1. The van der Waals surface area contributed by atoms with E-state index in [0.29, 0.717) is 5.92 Å². The van der Waals surface area contributed by atoms with Crippen LogP contribution in [0.5, 0.6) is 0 Å². The van der Waals surface area contributed by atoms with E-state index in [1.807, 2.05) is 11.8 Å². The van der Waals surface area contributed by atoms with E-state index in [1.54, 1.807) is 0 Å². The van der Waals surface area contributed by atoms with E-state index in [9.17, 15) is 5.26 Å². The summed E-state index contributed by atoms with van der Waals surface area (Å²) in [6.07, 6.45) is 5.62. The van der Waals surface area contributed by atoms with Crippen LogP contribution in [0.2, 0.25) is 0 Å². The van der Waals surface area contributed by atoms with E-state index < -0.39 is 0 Å². The van der Waals surface area contributed by atoms with Gasteiger partial charge < -0.3 is 0 Å². The Morgan fingerprint density at radius 3 is 2.90 bits per heavy atom. The first kappa shape index (κ1) is 15.4. The third kappa shape index (κ3) is 3.77. The molecule has 20 heavy (non-hydrogen) atoms. The van der Waals surface area contributed by atoms with Gasteiger partial charge in [0.2, 0.25) is 0 Å². The van der Waals surface area contributed by atoms with Crippen LogP contribution in [0.15, 0.2) is 35.2 Å². The summed E-state index contributed by atoms with van der Waals surface area (Å²) < 4.78 is 0. The lowest BCUT2D eigenvalue weighted by Gasteiger charge is -2.30. The van der Waals surface area contributed by atoms with Crippen LogP contribution in [-0.2, 0) is 0 Å². The molecule has 1 aromatic rings. The van der Waals surface area contributed by atoms with Crippen molar-refractivity contribution >= 4 is 11.8 Å². The molecule has 2 rings (SSSR count). The van der Waals surface area contributed by atoms with Gasteiger partial charge in [-0.05, 0) is 56.0 Å². The molecule has 0 radical (unpaired) electrons. The van der Waals surface area contributed by atoms with Crippen LogP contribution in [0.1, 0.15) is 39.0 Å². The van der Waals surface area contributed by atoms with Crippen molar-refractivity contribution in [3.8, 4) is 6.07 Å². The monoisotopic (exact) mass is 288 g/mol. The molecule has 0 aromatic heterocycles. The van der Waals surface area contributed by atoms with Gasteiger partial charge in [-0.1, -0.05) is 31.5 Å². The fraction of sp³-hybridized carbons (Fsp3) is 0.588. The molecule has 0 aliphatic heterocycles. The summed E-state index contributed by atoms with van der Waals surface area (Å²) in [5.74, 6) is 1.61. The van der Waals surface area contributed by atoms with E-state index in [4.69, 9.17) is 0 Å². The second-order valence-corrected chi connectivity index (χ2v) is 6.72. The Morgan fingerprint density at radius 2 is 2.20 bits per heavy atom. The molecular weight excluding hydrogens is 264 g/mol. The fourth-order valence-electron chi connectivity index (χ4n) is 3.07. The maximum absolute atomic E-state index is 9.61. The Bertz CT molecular complexity index is 440. The van der Waals surface area contributed by atoms with Crippen LogP contribution in [0.25, 0.3) is 0 Å². The van der Waals surface area contributed by atoms with Gasteiger partial charge >= 0.3 is 0 Å². The van der Waals surface area contributed by atoms with Gasteiger partial charge in [0.15, 0.2) is 0 Å². The van der Waals surface area contributed by atoms with E-state index in [1.165, 1.54) is 17.7 Å². The highest BCUT2D eigenvalue weighted by molar-refractivity contribution is 7.99. The summed E-state index contributed by atoms with van der Waals surface area (Å²) in [4.78, 5) is 1.33. The minimum atomic E-state index is -0.257. The van der Waals surface area contributed by atoms with Gasteiger partial charge in [0.1, 0.15) is 5.54 Å². The smallest absolute Gasteiger partial charge is 0.109 e. The Labute approximate surface area is 127 Å².